The Kier molecular flexibility index (Phi) is 4.83. The highest BCUT2D eigenvalue weighted by molar-refractivity contribution is 4.88. The van der Waals surface area contributed by atoms with Gasteiger partial charge in [0.05, 0.1) is 0 Å². The summed E-state index contributed by atoms with van der Waals surface area (Å²) in [5.41, 5.74) is 0. The zero-order valence-electron chi connectivity index (χ0n) is 11.8. The van der Waals surface area contributed by atoms with Gasteiger partial charge in [-0.15, -0.1) is 0 Å². The number of likely N-dealkylation sites (tertiary alicyclic amines) is 1. The highest BCUT2D eigenvalue weighted by atomic mass is 15.2. The van der Waals surface area contributed by atoms with E-state index in [2.05, 4.69) is 36.1 Å². The van der Waals surface area contributed by atoms with Gasteiger partial charge in [-0.25, -0.2) is 0 Å². The van der Waals surface area contributed by atoms with Crippen molar-refractivity contribution in [3.63, 3.8) is 0 Å². The lowest BCUT2D eigenvalue weighted by Gasteiger charge is -2.26. The predicted octanol–water partition coefficient (Wildman–Crippen LogP) is 1.40. The summed E-state index contributed by atoms with van der Waals surface area (Å²) in [7, 11) is 4.43. The average molecular weight is 239 g/mol. The molecular weight excluding hydrogens is 210 g/mol. The van der Waals surface area contributed by atoms with Gasteiger partial charge in [0.15, 0.2) is 0 Å². The first-order valence-corrected chi connectivity index (χ1v) is 7.33. The molecule has 2 fully saturated rings. The van der Waals surface area contributed by atoms with Crippen LogP contribution in [0.25, 0.3) is 0 Å². The van der Waals surface area contributed by atoms with Gasteiger partial charge in [0.25, 0.3) is 0 Å². The summed E-state index contributed by atoms with van der Waals surface area (Å²) in [5, 5.41) is 3.67. The zero-order chi connectivity index (χ0) is 12.3. The van der Waals surface area contributed by atoms with Crippen LogP contribution in [0.15, 0.2) is 0 Å². The molecule has 1 heterocycles. The molecule has 0 bridgehead atoms. The Morgan fingerprint density at radius 2 is 2.06 bits per heavy atom. The van der Waals surface area contributed by atoms with E-state index in [1.807, 2.05) is 0 Å². The van der Waals surface area contributed by atoms with Gasteiger partial charge in [-0.1, -0.05) is 13.3 Å². The van der Waals surface area contributed by atoms with Crippen LogP contribution in [0.5, 0.6) is 0 Å². The van der Waals surface area contributed by atoms with E-state index in [-0.39, 0.29) is 0 Å². The van der Waals surface area contributed by atoms with Crippen molar-refractivity contribution >= 4 is 0 Å². The molecule has 0 amide bonds. The van der Waals surface area contributed by atoms with Crippen LogP contribution in [0.3, 0.4) is 0 Å². The molecule has 1 saturated heterocycles. The molecule has 3 heteroatoms. The number of nitrogens with zero attached hydrogens (tertiary/aromatic N) is 2. The van der Waals surface area contributed by atoms with Crippen molar-refractivity contribution in [3.8, 4) is 0 Å². The lowest BCUT2D eigenvalue weighted by atomic mass is 10.0. The van der Waals surface area contributed by atoms with Gasteiger partial charge in [0.2, 0.25) is 0 Å². The standard InChI is InChI=1S/C14H29N3/c1-4-15-14-7-5-6-12(14)10-17-9-8-13(11-17)16(2)3/h12-15H,4-11H2,1-3H3. The number of nitrogens with one attached hydrogen (secondary N) is 1. The number of rotatable bonds is 5. The normalized spacial score (nSPS) is 34.9. The Bertz CT molecular complexity index is 230. The quantitative estimate of drug-likeness (QED) is 0.782. The van der Waals surface area contributed by atoms with E-state index in [0.29, 0.717) is 0 Å². The van der Waals surface area contributed by atoms with E-state index in [4.69, 9.17) is 0 Å². The maximum Gasteiger partial charge on any atom is 0.0229 e. The molecule has 0 aromatic rings. The van der Waals surface area contributed by atoms with E-state index < -0.39 is 0 Å². The molecule has 3 unspecified atom stereocenters. The number of hydrogen-bond acceptors (Lipinski definition) is 3. The number of likely N-dealkylation sites (N-methyl/N-ethyl adjacent to an activating group) is 1. The Hall–Kier alpha value is -0.120. The van der Waals surface area contributed by atoms with Gasteiger partial charge in [-0.05, 0) is 52.4 Å². The molecule has 0 spiro atoms. The van der Waals surface area contributed by atoms with Crippen LogP contribution in [0, 0.1) is 5.92 Å². The van der Waals surface area contributed by atoms with Crippen LogP contribution < -0.4 is 5.32 Å². The lowest BCUT2D eigenvalue weighted by Crippen LogP contribution is -2.39. The molecule has 0 aromatic carbocycles. The summed E-state index contributed by atoms with van der Waals surface area (Å²) in [5.74, 6) is 0.899. The summed E-state index contributed by atoms with van der Waals surface area (Å²) < 4.78 is 0. The van der Waals surface area contributed by atoms with Crippen molar-refractivity contribution in [2.24, 2.45) is 5.92 Å². The maximum atomic E-state index is 3.67. The monoisotopic (exact) mass is 239 g/mol. The Labute approximate surface area is 107 Å². The largest absolute Gasteiger partial charge is 0.314 e. The van der Waals surface area contributed by atoms with Crippen LogP contribution in [-0.4, -0.2) is 62.2 Å². The second-order valence-electron chi connectivity index (χ2n) is 6.02. The molecule has 3 nitrogen and oxygen atoms in total. The van der Waals surface area contributed by atoms with Gasteiger partial charge in [0, 0.05) is 25.2 Å². The van der Waals surface area contributed by atoms with Crippen molar-refractivity contribution in [2.75, 3.05) is 40.3 Å². The minimum absolute atomic E-state index is 0.786. The van der Waals surface area contributed by atoms with Gasteiger partial charge < -0.3 is 15.1 Å². The van der Waals surface area contributed by atoms with Crippen molar-refractivity contribution in [2.45, 2.75) is 44.7 Å². The second kappa shape index (κ2) is 6.17. The van der Waals surface area contributed by atoms with Gasteiger partial charge >= 0.3 is 0 Å². The van der Waals surface area contributed by atoms with E-state index in [1.165, 1.54) is 45.3 Å². The average Bonchev–Trinajstić information content (AvgIpc) is 2.90. The SMILES string of the molecule is CCNC1CCCC1CN1CCC(N(C)C)C1. The summed E-state index contributed by atoms with van der Waals surface area (Å²) in [6.45, 7) is 7.26. The Morgan fingerprint density at radius 1 is 1.24 bits per heavy atom. The molecular formula is C14H29N3. The first kappa shape index (κ1) is 13.3. The van der Waals surface area contributed by atoms with E-state index >= 15 is 0 Å². The van der Waals surface area contributed by atoms with E-state index in [9.17, 15) is 0 Å². The smallest absolute Gasteiger partial charge is 0.0229 e. The molecule has 2 rings (SSSR count). The molecule has 3 atom stereocenters. The molecule has 100 valence electrons. The predicted molar refractivity (Wildman–Crippen MR) is 73.3 cm³/mol. The molecule has 17 heavy (non-hydrogen) atoms. The van der Waals surface area contributed by atoms with Gasteiger partial charge in [-0.3, -0.25) is 0 Å². The van der Waals surface area contributed by atoms with Crippen molar-refractivity contribution in [1.82, 2.24) is 15.1 Å². The van der Waals surface area contributed by atoms with E-state index in [1.54, 1.807) is 0 Å². The molecule has 0 aromatic heterocycles. The highest BCUT2D eigenvalue weighted by Crippen LogP contribution is 2.27. The second-order valence-corrected chi connectivity index (χ2v) is 6.02. The highest BCUT2D eigenvalue weighted by Gasteiger charge is 2.31. The molecule has 1 aliphatic heterocycles. The fraction of sp³-hybridized carbons (Fsp3) is 1.00. The summed E-state index contributed by atoms with van der Waals surface area (Å²) in [6, 6.07) is 1.58. The van der Waals surface area contributed by atoms with Gasteiger partial charge in [-0.2, -0.15) is 0 Å². The first-order valence-electron chi connectivity index (χ1n) is 7.33. The molecule has 0 radical (unpaired) electrons. The minimum Gasteiger partial charge on any atom is -0.314 e. The fourth-order valence-corrected chi connectivity index (χ4v) is 3.52. The summed E-state index contributed by atoms with van der Waals surface area (Å²) >= 11 is 0. The fourth-order valence-electron chi connectivity index (χ4n) is 3.52. The topological polar surface area (TPSA) is 18.5 Å². The van der Waals surface area contributed by atoms with Crippen molar-refractivity contribution in [3.05, 3.63) is 0 Å². The Balaban J connectivity index is 1.77. The van der Waals surface area contributed by atoms with Crippen molar-refractivity contribution < 1.29 is 0 Å². The first-order chi connectivity index (χ1) is 8.20. The molecule has 2 aliphatic rings. The third kappa shape index (κ3) is 3.43. The van der Waals surface area contributed by atoms with Crippen LogP contribution in [0.4, 0.5) is 0 Å². The molecule has 1 saturated carbocycles. The lowest BCUT2D eigenvalue weighted by molar-refractivity contribution is 0.228. The zero-order valence-corrected chi connectivity index (χ0v) is 11.8. The van der Waals surface area contributed by atoms with Crippen LogP contribution in [0.1, 0.15) is 32.6 Å². The minimum atomic E-state index is 0.786. The Morgan fingerprint density at radius 3 is 2.71 bits per heavy atom. The summed E-state index contributed by atoms with van der Waals surface area (Å²) in [6.07, 6.45) is 5.60. The summed E-state index contributed by atoms with van der Waals surface area (Å²) in [4.78, 5) is 5.07. The van der Waals surface area contributed by atoms with E-state index in [0.717, 1.165) is 24.5 Å². The maximum absolute atomic E-state index is 3.67. The van der Waals surface area contributed by atoms with Crippen LogP contribution in [0.2, 0.25) is 0 Å². The van der Waals surface area contributed by atoms with Crippen LogP contribution in [-0.2, 0) is 0 Å². The third-order valence-electron chi connectivity index (χ3n) is 4.60. The van der Waals surface area contributed by atoms with Crippen molar-refractivity contribution in [1.29, 1.82) is 0 Å². The molecule has 1 N–H and O–H groups in total. The molecule has 1 aliphatic carbocycles. The van der Waals surface area contributed by atoms with Gasteiger partial charge in [0.1, 0.15) is 0 Å². The third-order valence-corrected chi connectivity index (χ3v) is 4.60. The van der Waals surface area contributed by atoms with Crippen LogP contribution >= 0.6 is 0 Å². The number of hydrogen-bond donors (Lipinski definition) is 1.